The number of hydrogen-bond donors (Lipinski definition) is 4. The van der Waals surface area contributed by atoms with E-state index in [0.717, 1.165) is 44.9 Å². The molecule has 22 nitrogen and oxygen atoms in total. The van der Waals surface area contributed by atoms with E-state index in [1.165, 1.54) is 76.3 Å². The van der Waals surface area contributed by atoms with Gasteiger partial charge in [0.25, 0.3) is 0 Å². The molecule has 4 saturated carbocycles. The Hall–Kier alpha value is -5.75. The van der Waals surface area contributed by atoms with E-state index in [4.69, 9.17) is 11.6 Å². The highest BCUT2D eigenvalue weighted by atomic mass is 35.5. The van der Waals surface area contributed by atoms with Crippen LogP contribution >= 0.6 is 11.6 Å². The molecule has 3 saturated heterocycles. The van der Waals surface area contributed by atoms with Crippen LogP contribution in [-0.2, 0) is 52.7 Å². The number of rotatable bonds is 8. The van der Waals surface area contributed by atoms with E-state index in [1.807, 2.05) is 6.92 Å². The maximum atomic E-state index is 15.2. The zero-order chi connectivity index (χ0) is 67.0. The summed E-state index contributed by atoms with van der Waals surface area (Å²) < 4.78 is 41.8. The fraction of sp³-hybridized carbons (Fsp3) is 0.831. The van der Waals surface area contributed by atoms with Crippen molar-refractivity contribution in [3.8, 4) is 0 Å². The van der Waals surface area contributed by atoms with Crippen LogP contribution in [0.15, 0.2) is 0 Å². The Morgan fingerprint density at radius 3 is 1.84 bits per heavy atom. The van der Waals surface area contributed by atoms with Crippen molar-refractivity contribution in [2.24, 2.45) is 29.6 Å². The molecule has 4 aliphatic carbocycles. The molecular weight excluding hydrogens is 1200 g/mol. The Morgan fingerprint density at radius 1 is 0.593 bits per heavy atom. The minimum absolute atomic E-state index is 0.0207. The zero-order valence-corrected chi connectivity index (χ0v) is 56.1. The van der Waals surface area contributed by atoms with Crippen LogP contribution in [0, 0.1) is 29.6 Å². The second-order valence-electron chi connectivity index (χ2n) is 27.9. The summed E-state index contributed by atoms with van der Waals surface area (Å²) in [6, 6.07) is -9.54. The first-order chi connectivity index (χ1) is 42.9. The fourth-order valence-electron chi connectivity index (χ4n) is 15.3. The largest absolute Gasteiger partial charge is 0.393 e. The summed E-state index contributed by atoms with van der Waals surface area (Å²) in [6.07, 6.45) is 6.10. The predicted molar refractivity (Wildman–Crippen MR) is 334 cm³/mol. The van der Waals surface area contributed by atoms with Gasteiger partial charge in [0.15, 0.2) is 0 Å². The fourth-order valence-corrected chi connectivity index (χ4v) is 15.8. The summed E-state index contributed by atoms with van der Waals surface area (Å²) >= 11 is 6.38. The number of hydrogen-bond acceptors (Lipinski definition) is 11. The van der Waals surface area contributed by atoms with Crippen LogP contribution in [0.25, 0.3) is 0 Å². The van der Waals surface area contributed by atoms with Gasteiger partial charge in [-0.2, -0.15) is 13.2 Å². The van der Waals surface area contributed by atoms with Crippen molar-refractivity contribution in [1.82, 2.24) is 55.6 Å². The predicted octanol–water partition coefficient (Wildman–Crippen LogP) is 5.26. The molecule has 0 aromatic carbocycles. The molecule has 7 fully saturated rings. The molecule has 0 aromatic rings. The van der Waals surface area contributed by atoms with Gasteiger partial charge in [0.1, 0.15) is 53.9 Å². The van der Waals surface area contributed by atoms with E-state index in [2.05, 4.69) is 21.3 Å². The molecule has 3 heterocycles. The Balaban J connectivity index is 1.21. The lowest BCUT2D eigenvalue weighted by molar-refractivity contribution is -0.182. The van der Waals surface area contributed by atoms with Crippen LogP contribution in [0.4, 0.5) is 13.2 Å². The smallest absolute Gasteiger partial charge is 0.351 e. The molecule has 3 aliphatic heterocycles. The van der Waals surface area contributed by atoms with Gasteiger partial charge in [-0.15, -0.1) is 11.6 Å². The number of halogens is 4. The maximum Gasteiger partial charge on any atom is 0.393 e. The summed E-state index contributed by atoms with van der Waals surface area (Å²) in [6.45, 7) is 8.06. The first-order valence-electron chi connectivity index (χ1n) is 33.8. The second-order valence-corrected chi connectivity index (χ2v) is 28.5. The molecule has 0 bridgehead atoms. The van der Waals surface area contributed by atoms with Gasteiger partial charge >= 0.3 is 6.18 Å². The Bertz CT molecular complexity index is 2650. The number of carbonyl (C=O) groups excluding carboxylic acids is 11. The van der Waals surface area contributed by atoms with Crippen LogP contribution in [0.3, 0.4) is 0 Å². The number of nitrogens with zero attached hydrogens (tertiary/aromatic N) is 7. The van der Waals surface area contributed by atoms with Crippen LogP contribution in [0.5, 0.6) is 0 Å². The SMILES string of the molecule is CC[C@H](C)[C@@H]1NC(=O)[C@H](C)N(C)C(=O)C[C@@H](C)NC(=O)[C@H](C2CCCC2)N(C)C(=O)C2(CCCC2)NC(=O)[C@@H]2CCCN2C(=O)[C@H](CCC2CCC(C(F)(F)F)C(Cl)C2)NC(=O)CN(C)C(=O)[C@H](CC2CCCCC2)N(C)C(=O)[C@@H]2CCN2C(=O)[C@H](C)N(C)C1=O. The van der Waals surface area contributed by atoms with Gasteiger partial charge in [-0.3, -0.25) is 52.7 Å². The van der Waals surface area contributed by atoms with Crippen LogP contribution in [0.1, 0.15) is 189 Å². The Morgan fingerprint density at radius 2 is 1.23 bits per heavy atom. The number of alkyl halides is 4. The highest BCUT2D eigenvalue weighted by Crippen LogP contribution is 2.44. The number of likely N-dealkylation sites (N-methyl/N-ethyl adjacent to an activating group) is 5. The lowest BCUT2D eigenvalue weighted by atomic mass is 9.78. The Kier molecular flexibility index (Phi) is 25.1. The third kappa shape index (κ3) is 17.2. The highest BCUT2D eigenvalue weighted by molar-refractivity contribution is 6.20. The molecule has 512 valence electrons. The average molecular weight is 1310 g/mol. The normalized spacial score (nSPS) is 32.7. The minimum Gasteiger partial charge on any atom is -0.351 e. The van der Waals surface area contributed by atoms with Gasteiger partial charge in [0.05, 0.1) is 12.5 Å². The Labute approximate surface area is 540 Å². The monoisotopic (exact) mass is 1310 g/mol. The first-order valence-corrected chi connectivity index (χ1v) is 34.2. The summed E-state index contributed by atoms with van der Waals surface area (Å²) in [5.74, 6) is -8.89. The van der Waals surface area contributed by atoms with E-state index in [9.17, 15) is 56.3 Å². The summed E-state index contributed by atoms with van der Waals surface area (Å²) in [4.78, 5) is 170. The summed E-state index contributed by atoms with van der Waals surface area (Å²) in [7, 11) is 7.37. The van der Waals surface area contributed by atoms with Crippen LogP contribution in [-0.4, -0.2) is 226 Å². The number of carbonyl (C=O) groups is 11. The van der Waals surface area contributed by atoms with Crippen molar-refractivity contribution in [3.05, 3.63) is 0 Å². The van der Waals surface area contributed by atoms with Gasteiger partial charge in [0.2, 0.25) is 65.0 Å². The van der Waals surface area contributed by atoms with Crippen LogP contribution < -0.4 is 21.3 Å². The molecule has 91 heavy (non-hydrogen) atoms. The molecule has 7 aliphatic rings. The topological polar surface area (TPSA) is 259 Å². The third-order valence-corrected chi connectivity index (χ3v) is 22.2. The van der Waals surface area contributed by atoms with E-state index in [-0.39, 0.29) is 101 Å². The molecule has 11 amide bonds. The molecule has 0 aromatic heterocycles. The summed E-state index contributed by atoms with van der Waals surface area (Å²) in [5.41, 5.74) is -1.45. The van der Waals surface area contributed by atoms with E-state index >= 15 is 9.59 Å². The van der Waals surface area contributed by atoms with Gasteiger partial charge in [-0.05, 0) is 128 Å². The minimum atomic E-state index is -4.49. The number of fused-ring (bicyclic) bond motifs is 2. The van der Waals surface area contributed by atoms with Gasteiger partial charge in [0, 0.05) is 66.2 Å². The molecular formula is C65H103ClF3N11O11. The molecule has 13 atom stereocenters. The van der Waals surface area contributed by atoms with Gasteiger partial charge in [-0.25, -0.2) is 0 Å². The van der Waals surface area contributed by atoms with E-state index < -0.39 is 155 Å². The lowest BCUT2D eigenvalue weighted by Crippen LogP contribution is -2.65. The molecule has 1 spiro atoms. The van der Waals surface area contributed by atoms with Crippen molar-refractivity contribution in [2.45, 2.75) is 260 Å². The van der Waals surface area contributed by atoms with Crippen molar-refractivity contribution >= 4 is 76.6 Å². The van der Waals surface area contributed by atoms with Gasteiger partial charge < -0.3 is 55.6 Å². The second kappa shape index (κ2) is 31.5. The molecule has 3 unspecified atom stereocenters. The summed E-state index contributed by atoms with van der Waals surface area (Å²) in [5, 5.41) is 10.5. The molecule has 0 radical (unpaired) electrons. The van der Waals surface area contributed by atoms with Crippen molar-refractivity contribution in [2.75, 3.05) is 54.9 Å². The molecule has 7 rings (SSSR count). The van der Waals surface area contributed by atoms with Crippen molar-refractivity contribution < 1.29 is 65.9 Å². The van der Waals surface area contributed by atoms with E-state index in [0.29, 0.717) is 38.5 Å². The third-order valence-electron chi connectivity index (χ3n) is 21.7. The lowest BCUT2D eigenvalue weighted by Gasteiger charge is -2.45. The quantitative estimate of drug-likeness (QED) is 0.228. The zero-order valence-electron chi connectivity index (χ0n) is 55.4. The number of nitrogens with one attached hydrogen (secondary N) is 4. The maximum absolute atomic E-state index is 15.2. The molecule has 4 N–H and O–H groups in total. The first kappa shape index (κ1) is 72.7. The van der Waals surface area contributed by atoms with Gasteiger partial charge in [-0.1, -0.05) is 78.1 Å². The number of amides is 11. The van der Waals surface area contributed by atoms with Crippen molar-refractivity contribution in [1.29, 1.82) is 0 Å². The van der Waals surface area contributed by atoms with Crippen molar-refractivity contribution in [3.63, 3.8) is 0 Å². The standard InChI is InChI=1S/C65H103ClF3N11O11/c1-11-38(2)53-62(90)76(8)41(5)58(86)80-33-29-49(80)61(89)77(9)50(36-42-20-13-12-14-21-42)60(88)74(6)37-51(81)71-47(28-26-43-25-27-45(46(66)35-43)65(67,68)69)59(87)79-32-19-24-48(79)56(84)73-64(30-17-18-31-64)63(91)78(10)54(44-22-15-16-23-44)57(85)70-39(3)34-52(82)75(7)40(4)55(83)72-53/h38-50,53-54H,11-37H2,1-10H3,(H,70,85)(H,71,81)(H,72,83)(H,73,84)/t38-,39+,40-,41-,43?,45?,46?,47-,48-,49-,50-,53-,54-/m0/s1. The van der Waals surface area contributed by atoms with E-state index in [1.54, 1.807) is 20.9 Å². The van der Waals surface area contributed by atoms with Crippen LogP contribution in [0.2, 0.25) is 0 Å². The highest BCUT2D eigenvalue weighted by Gasteiger charge is 2.52. The average Bonchev–Trinajstić information content (AvgIpc) is 1.86. The molecule has 26 heteroatoms.